The Morgan fingerprint density at radius 3 is 2.57 bits per heavy atom. The number of phenols is 1. The van der Waals surface area contributed by atoms with E-state index in [4.69, 9.17) is 14.2 Å². The SMILES string of the molecule is CC(=O)O[C@H]1C[C@@H](OC(=O)[C@@]23CCCC[C@@H]2CCC(=O)N3)C2(CCNCC2)[C@@H]2c3ccc(O)c4c3[C@@H](C[C@@H]2C#CC[C@@H]2C[C@](C)(O)CSS[C@@H]3C=C[C@@H](C[C@@H]21)[C@@H](O)[C@H]3NC[C@H]1C=CC[C@H](C)C1)[C@H](C1(CO)CCCC1)CO4. The van der Waals surface area contributed by atoms with Crippen LogP contribution in [0.25, 0.3) is 0 Å². The molecule has 422 valence electrons. The molecule has 3 saturated heterocycles. The van der Waals surface area contributed by atoms with Crippen LogP contribution in [-0.4, -0.2) is 118 Å². The Hall–Kier alpha value is -3.23. The lowest BCUT2D eigenvalue weighted by Gasteiger charge is -2.56. The molecule has 1 spiro atoms. The number of amides is 1. The molecular formula is C62H87N3O10S2. The summed E-state index contributed by atoms with van der Waals surface area (Å²) in [7, 11) is 3.34. The largest absolute Gasteiger partial charge is 0.504 e. The van der Waals surface area contributed by atoms with E-state index in [-0.39, 0.29) is 82.8 Å². The average Bonchev–Trinajstić information content (AvgIpc) is 4.02. The Kier molecular flexibility index (Phi) is 16.6. The first-order chi connectivity index (χ1) is 37.1. The zero-order valence-corrected chi connectivity index (χ0v) is 47.5. The number of carbonyl (C=O) groups excluding carboxylic acids is 3. The fraction of sp³-hybridized carbons (Fsp3) is 0.758. The first-order valence-electron chi connectivity index (χ1n) is 29.9. The maximum atomic E-state index is 15.9. The van der Waals surface area contributed by atoms with Gasteiger partial charge in [-0.3, -0.25) is 9.59 Å². The van der Waals surface area contributed by atoms with E-state index >= 15 is 4.79 Å². The number of allylic oxidation sites excluding steroid dienone is 1. The number of phenolic OH excluding ortho intramolecular Hbond substituents is 1. The van der Waals surface area contributed by atoms with Gasteiger partial charge in [0.1, 0.15) is 17.7 Å². The topological polar surface area (TPSA) is 196 Å². The minimum atomic E-state index is -1.19. The molecule has 5 heterocycles. The third-order valence-corrected chi connectivity index (χ3v) is 24.2. The molecule has 1 amide bonds. The van der Waals surface area contributed by atoms with Crippen LogP contribution in [0.2, 0.25) is 0 Å². The quantitative estimate of drug-likeness (QED) is 0.0566. The molecule has 15 heteroatoms. The molecule has 0 aromatic heterocycles. The third kappa shape index (κ3) is 10.9. The second kappa shape index (κ2) is 23.0. The molecule has 5 fully saturated rings. The molecule has 13 nitrogen and oxygen atoms in total. The number of rotatable bonds is 8. The molecule has 0 radical (unpaired) electrons. The Morgan fingerprint density at radius 2 is 1.79 bits per heavy atom. The highest BCUT2D eigenvalue weighted by Crippen LogP contribution is 2.65. The van der Waals surface area contributed by atoms with Gasteiger partial charge < -0.3 is 50.6 Å². The van der Waals surface area contributed by atoms with E-state index in [0.717, 1.165) is 75.5 Å². The summed E-state index contributed by atoms with van der Waals surface area (Å²) in [6.45, 7) is 8.12. The minimum Gasteiger partial charge on any atom is -0.504 e. The maximum absolute atomic E-state index is 15.9. The molecule has 2 saturated carbocycles. The number of hydrogen-bond acceptors (Lipinski definition) is 14. The van der Waals surface area contributed by atoms with Crippen LogP contribution in [0, 0.1) is 70.0 Å². The molecule has 5 aliphatic heterocycles. The van der Waals surface area contributed by atoms with E-state index in [1.165, 1.54) is 6.92 Å². The van der Waals surface area contributed by atoms with Gasteiger partial charge in [0.25, 0.3) is 0 Å². The molecule has 17 atom stereocenters. The van der Waals surface area contributed by atoms with Gasteiger partial charge in [-0.2, -0.15) is 0 Å². The molecule has 7 N–H and O–H groups in total. The van der Waals surface area contributed by atoms with Gasteiger partial charge in [0.15, 0.2) is 11.5 Å². The number of piperidine rings is 2. The van der Waals surface area contributed by atoms with Crippen molar-refractivity contribution < 1.29 is 49.0 Å². The Labute approximate surface area is 465 Å². The van der Waals surface area contributed by atoms with E-state index in [0.29, 0.717) is 101 Å². The molecule has 11 aliphatic rings. The van der Waals surface area contributed by atoms with E-state index in [2.05, 4.69) is 65.1 Å². The summed E-state index contributed by atoms with van der Waals surface area (Å²) < 4.78 is 20.9. The number of aromatic hydroxyl groups is 1. The second-order valence-corrected chi connectivity index (χ2v) is 28.7. The van der Waals surface area contributed by atoms with Gasteiger partial charge in [-0.1, -0.05) is 90.5 Å². The van der Waals surface area contributed by atoms with Crippen molar-refractivity contribution in [2.75, 3.05) is 38.6 Å². The van der Waals surface area contributed by atoms with Crippen LogP contribution >= 0.6 is 21.6 Å². The molecular weight excluding hydrogens is 1010 g/mol. The smallest absolute Gasteiger partial charge is 0.332 e. The van der Waals surface area contributed by atoms with Crippen molar-refractivity contribution in [3.05, 3.63) is 47.6 Å². The van der Waals surface area contributed by atoms with Crippen LogP contribution in [0.4, 0.5) is 0 Å². The highest BCUT2D eigenvalue weighted by atomic mass is 33.1. The van der Waals surface area contributed by atoms with Crippen molar-refractivity contribution in [1.29, 1.82) is 0 Å². The fourth-order valence-electron chi connectivity index (χ4n) is 17.5. The first-order valence-corrected chi connectivity index (χ1v) is 32.3. The van der Waals surface area contributed by atoms with Crippen molar-refractivity contribution in [1.82, 2.24) is 16.0 Å². The van der Waals surface area contributed by atoms with Crippen molar-refractivity contribution in [3.63, 3.8) is 0 Å². The number of nitrogens with one attached hydrogen (secondary N) is 3. The molecule has 0 unspecified atom stereocenters. The van der Waals surface area contributed by atoms with E-state index in [1.54, 1.807) is 27.7 Å². The lowest BCUT2D eigenvalue weighted by Crippen LogP contribution is -2.65. The second-order valence-electron chi connectivity index (χ2n) is 26.2. The predicted octanol–water partition coefficient (Wildman–Crippen LogP) is 8.62. The summed E-state index contributed by atoms with van der Waals surface area (Å²) in [5, 5.41) is 59.1. The molecule has 12 rings (SSSR count). The zero-order valence-electron chi connectivity index (χ0n) is 45.9. The number of fused-ring (bicyclic) bond motifs is 9. The first kappa shape index (κ1) is 55.7. The predicted molar refractivity (Wildman–Crippen MR) is 300 cm³/mol. The van der Waals surface area contributed by atoms with E-state index in [1.807, 2.05) is 6.92 Å². The van der Waals surface area contributed by atoms with Crippen LogP contribution in [-0.2, 0) is 23.9 Å². The zero-order chi connectivity index (χ0) is 53.7. The number of aliphatic hydroxyl groups excluding tert-OH is 2. The summed E-state index contributed by atoms with van der Waals surface area (Å²) in [5.74, 6) is 6.98. The Balaban J connectivity index is 1.07. The molecule has 1 aromatic carbocycles. The van der Waals surface area contributed by atoms with Gasteiger partial charge in [-0.15, -0.1) is 5.92 Å². The van der Waals surface area contributed by atoms with Crippen molar-refractivity contribution >= 4 is 39.4 Å². The van der Waals surface area contributed by atoms with Crippen molar-refractivity contribution in [2.45, 2.75) is 195 Å². The van der Waals surface area contributed by atoms with E-state index < -0.39 is 52.7 Å². The van der Waals surface area contributed by atoms with E-state index in [9.17, 15) is 30.0 Å². The number of benzene rings is 1. The fourth-order valence-corrected chi connectivity index (χ4v) is 20.6. The maximum Gasteiger partial charge on any atom is 0.332 e. The molecule has 1 aromatic rings. The molecule has 2 bridgehead atoms. The van der Waals surface area contributed by atoms with Gasteiger partial charge in [-0.05, 0) is 138 Å². The Bertz CT molecular complexity index is 2460. The van der Waals surface area contributed by atoms with Gasteiger partial charge in [0.05, 0.1) is 23.6 Å². The highest BCUT2D eigenvalue weighted by molar-refractivity contribution is 8.77. The molecule has 77 heavy (non-hydrogen) atoms. The van der Waals surface area contributed by atoms with Crippen LogP contribution in [0.1, 0.15) is 166 Å². The van der Waals surface area contributed by atoms with Crippen molar-refractivity contribution in [2.24, 2.45) is 58.2 Å². The van der Waals surface area contributed by atoms with Crippen LogP contribution in [0.3, 0.4) is 0 Å². The van der Waals surface area contributed by atoms with Gasteiger partial charge in [-0.25, -0.2) is 4.79 Å². The lowest BCUT2D eigenvalue weighted by molar-refractivity contribution is -0.183. The summed E-state index contributed by atoms with van der Waals surface area (Å²) >= 11 is 0. The standard InChI is InChI=1S/C62H87N3O10S2/c1-37-10-8-11-39(28-37)33-64-55-50-19-15-41(56(55)70)30-45-42(32-59(3,72)36-76-77-50)13-9-12-40-29-46-47(60(35-66)21-6-7-22-60)34-73-57-48(68)18-17-44(53(46)57)54(40)61(24-26-63-27-25-61)51(31-49(45)74-38(2)67)75-58(71)62-23-5-4-14-43(62)16-20-52(69)65-62/h8,11,15,17-19,37,39-43,45-47,49-51,54-56,63-64,66,68,70,72H,4-7,10,13-14,16,20-36H2,1-3H3,(H,65,69)/t37-,39-,40-,41-,42+,43+,45-,46-,47+,49-,50+,51+,54-,55-,56+,59-,62+/m0/s1. The highest BCUT2D eigenvalue weighted by Gasteiger charge is 2.61. The number of aliphatic hydroxyl groups is 3. The summed E-state index contributed by atoms with van der Waals surface area (Å²) in [4.78, 5) is 43.3. The number of esters is 2. The number of hydrogen-bond donors (Lipinski definition) is 7. The lowest BCUT2D eigenvalue weighted by atomic mass is 9.51. The van der Waals surface area contributed by atoms with Crippen LogP contribution in [0.15, 0.2) is 36.4 Å². The number of carbonyl (C=O) groups is 3. The van der Waals surface area contributed by atoms with Crippen LogP contribution in [0.5, 0.6) is 11.5 Å². The van der Waals surface area contributed by atoms with Crippen LogP contribution < -0.4 is 20.7 Å². The minimum absolute atomic E-state index is 0.0103. The summed E-state index contributed by atoms with van der Waals surface area (Å²) in [5.41, 5.74) is -1.43. The van der Waals surface area contributed by atoms with Gasteiger partial charge in [0.2, 0.25) is 5.91 Å². The monoisotopic (exact) mass is 1100 g/mol. The normalized spacial score (nSPS) is 41.2. The summed E-state index contributed by atoms with van der Waals surface area (Å²) in [6.07, 6.45) is 19.9. The van der Waals surface area contributed by atoms with Gasteiger partial charge in [0, 0.05) is 97.1 Å². The number of ether oxygens (including phenoxy) is 3. The Morgan fingerprint density at radius 1 is 0.987 bits per heavy atom. The summed E-state index contributed by atoms with van der Waals surface area (Å²) in [6, 6.07) is 3.55. The van der Waals surface area contributed by atoms with Crippen molar-refractivity contribution in [3.8, 4) is 23.3 Å². The third-order valence-electron chi connectivity index (χ3n) is 21.3. The molecule has 6 aliphatic carbocycles. The van der Waals surface area contributed by atoms with Gasteiger partial charge >= 0.3 is 11.9 Å². The average molecular weight is 1100 g/mol.